The van der Waals surface area contributed by atoms with Crippen molar-refractivity contribution < 1.29 is 9.32 Å². The van der Waals surface area contributed by atoms with Gasteiger partial charge in [-0.25, -0.2) is 0 Å². The van der Waals surface area contributed by atoms with E-state index in [4.69, 9.17) is 4.52 Å². The van der Waals surface area contributed by atoms with Crippen LogP contribution in [0.4, 0.5) is 5.88 Å². The molecule has 0 saturated carbocycles. The first-order valence-corrected chi connectivity index (χ1v) is 5.99. The van der Waals surface area contributed by atoms with Gasteiger partial charge < -0.3 is 4.52 Å². The molecule has 0 bridgehead atoms. The maximum atomic E-state index is 11.9. The third-order valence-electron chi connectivity index (χ3n) is 2.78. The van der Waals surface area contributed by atoms with Crippen LogP contribution in [0, 0.1) is 6.92 Å². The number of anilines is 1. The van der Waals surface area contributed by atoms with Gasteiger partial charge in [0.2, 0.25) is 11.8 Å². The van der Waals surface area contributed by atoms with Crippen molar-refractivity contribution in [2.24, 2.45) is 0 Å². The van der Waals surface area contributed by atoms with Crippen molar-refractivity contribution in [2.45, 2.75) is 39.7 Å². The number of likely N-dealkylation sites (N-methyl/N-ethyl adjacent to an activating group) is 1. The lowest BCUT2D eigenvalue weighted by Crippen LogP contribution is -2.39. The number of rotatable bonds is 6. The Morgan fingerprint density at radius 3 is 2.88 bits per heavy atom. The third-order valence-corrected chi connectivity index (χ3v) is 2.78. The largest absolute Gasteiger partial charge is 0.338 e. The van der Waals surface area contributed by atoms with Gasteiger partial charge in [-0.15, -0.1) is 0 Å². The number of nitrogens with one attached hydrogen (secondary N) is 1. The van der Waals surface area contributed by atoms with Gasteiger partial charge in [0.25, 0.3) is 0 Å². The molecule has 0 saturated heterocycles. The molecule has 0 aliphatic rings. The highest BCUT2D eigenvalue weighted by Crippen LogP contribution is 2.10. The summed E-state index contributed by atoms with van der Waals surface area (Å²) in [5.41, 5.74) is 0.757. The molecule has 1 aromatic heterocycles. The van der Waals surface area contributed by atoms with E-state index in [0.717, 1.165) is 25.1 Å². The van der Waals surface area contributed by atoms with E-state index in [9.17, 15) is 4.79 Å². The summed E-state index contributed by atoms with van der Waals surface area (Å²) >= 11 is 0. The molecule has 1 atom stereocenters. The Balaban J connectivity index is 2.46. The molecule has 96 valence electrons. The Hall–Kier alpha value is -1.36. The summed E-state index contributed by atoms with van der Waals surface area (Å²) in [5, 5.41) is 6.43. The Morgan fingerprint density at radius 1 is 1.65 bits per heavy atom. The van der Waals surface area contributed by atoms with Gasteiger partial charge in [0.05, 0.1) is 11.7 Å². The minimum Gasteiger partial charge on any atom is -0.338 e. The van der Waals surface area contributed by atoms with E-state index in [1.54, 1.807) is 6.07 Å². The lowest BCUT2D eigenvalue weighted by molar-refractivity contribution is -0.120. The van der Waals surface area contributed by atoms with E-state index in [0.29, 0.717) is 5.88 Å². The van der Waals surface area contributed by atoms with Crippen molar-refractivity contribution in [1.29, 1.82) is 0 Å². The first-order valence-electron chi connectivity index (χ1n) is 5.99. The molecular formula is C12H21N3O2. The molecule has 0 aliphatic heterocycles. The van der Waals surface area contributed by atoms with Crippen LogP contribution < -0.4 is 5.32 Å². The number of hydrogen-bond acceptors (Lipinski definition) is 4. The molecule has 1 amide bonds. The second-order valence-electron chi connectivity index (χ2n) is 4.33. The van der Waals surface area contributed by atoms with Gasteiger partial charge in [-0.2, -0.15) is 0 Å². The minimum absolute atomic E-state index is 0.0697. The van der Waals surface area contributed by atoms with E-state index in [1.165, 1.54) is 0 Å². The predicted molar refractivity (Wildman–Crippen MR) is 66.9 cm³/mol. The molecule has 0 aromatic carbocycles. The van der Waals surface area contributed by atoms with E-state index in [2.05, 4.69) is 17.4 Å². The highest BCUT2D eigenvalue weighted by molar-refractivity contribution is 5.93. The van der Waals surface area contributed by atoms with Crippen molar-refractivity contribution in [3.05, 3.63) is 11.8 Å². The molecule has 5 nitrogen and oxygen atoms in total. The Kier molecular flexibility index (Phi) is 5.15. The highest BCUT2D eigenvalue weighted by atomic mass is 16.5. The van der Waals surface area contributed by atoms with Crippen molar-refractivity contribution in [1.82, 2.24) is 10.1 Å². The lowest BCUT2D eigenvalue weighted by Gasteiger charge is -2.22. The lowest BCUT2D eigenvalue weighted by atomic mass is 10.2. The Morgan fingerprint density at radius 2 is 2.35 bits per heavy atom. The molecule has 17 heavy (non-hydrogen) atoms. The smallest absolute Gasteiger partial charge is 0.243 e. The number of aromatic nitrogens is 1. The van der Waals surface area contributed by atoms with Crippen LogP contribution in [0.2, 0.25) is 0 Å². The summed E-state index contributed by atoms with van der Waals surface area (Å²) in [5.74, 6) is 0.336. The van der Waals surface area contributed by atoms with Gasteiger partial charge in [0.15, 0.2) is 0 Å². The number of hydrogen-bond donors (Lipinski definition) is 1. The average molecular weight is 239 g/mol. The van der Waals surface area contributed by atoms with Crippen molar-refractivity contribution in [2.75, 3.05) is 18.9 Å². The standard InChI is InChI=1S/C12H21N3O2/c1-5-6-7-15(4)10(3)12(16)13-11-8-9(2)14-17-11/h8,10H,5-7H2,1-4H3,(H,13,16). The van der Waals surface area contributed by atoms with Gasteiger partial charge in [0, 0.05) is 6.07 Å². The SMILES string of the molecule is CCCCN(C)C(C)C(=O)Nc1cc(C)no1. The Labute approximate surface area is 102 Å². The second-order valence-corrected chi connectivity index (χ2v) is 4.33. The van der Waals surface area contributed by atoms with E-state index < -0.39 is 0 Å². The zero-order chi connectivity index (χ0) is 12.8. The fraction of sp³-hybridized carbons (Fsp3) is 0.667. The van der Waals surface area contributed by atoms with Crippen LogP contribution in [-0.4, -0.2) is 35.6 Å². The molecule has 1 unspecified atom stereocenters. The summed E-state index contributed by atoms with van der Waals surface area (Å²) in [4.78, 5) is 13.9. The first kappa shape index (κ1) is 13.7. The summed E-state index contributed by atoms with van der Waals surface area (Å²) in [6, 6.07) is 1.53. The summed E-state index contributed by atoms with van der Waals surface area (Å²) in [7, 11) is 1.95. The van der Waals surface area contributed by atoms with Crippen LogP contribution in [0.25, 0.3) is 0 Å². The van der Waals surface area contributed by atoms with E-state index in [1.807, 2.05) is 25.8 Å². The van der Waals surface area contributed by atoms with Crippen molar-refractivity contribution in [3.8, 4) is 0 Å². The number of carbonyl (C=O) groups is 1. The first-order chi connectivity index (χ1) is 8.04. The monoisotopic (exact) mass is 239 g/mol. The van der Waals surface area contributed by atoms with Gasteiger partial charge in [0.1, 0.15) is 0 Å². The average Bonchev–Trinajstić information content (AvgIpc) is 2.70. The van der Waals surface area contributed by atoms with E-state index in [-0.39, 0.29) is 11.9 Å². The summed E-state index contributed by atoms with van der Waals surface area (Å²) < 4.78 is 4.95. The fourth-order valence-electron chi connectivity index (χ4n) is 1.45. The maximum absolute atomic E-state index is 11.9. The molecule has 1 aromatic rings. The van der Waals surface area contributed by atoms with Gasteiger partial charge in [-0.05, 0) is 33.9 Å². The van der Waals surface area contributed by atoms with Gasteiger partial charge in [-0.1, -0.05) is 18.5 Å². The van der Waals surface area contributed by atoms with Crippen LogP contribution in [-0.2, 0) is 4.79 Å². The quantitative estimate of drug-likeness (QED) is 0.825. The maximum Gasteiger partial charge on any atom is 0.243 e. The zero-order valence-corrected chi connectivity index (χ0v) is 11.0. The molecule has 5 heteroatoms. The van der Waals surface area contributed by atoms with Gasteiger partial charge >= 0.3 is 0 Å². The number of unbranched alkanes of at least 4 members (excludes halogenated alkanes) is 1. The number of nitrogens with zero attached hydrogens (tertiary/aromatic N) is 2. The molecule has 0 aliphatic carbocycles. The zero-order valence-electron chi connectivity index (χ0n) is 11.0. The minimum atomic E-state index is -0.174. The highest BCUT2D eigenvalue weighted by Gasteiger charge is 2.18. The number of amides is 1. The van der Waals surface area contributed by atoms with Crippen molar-refractivity contribution >= 4 is 11.8 Å². The number of aryl methyl sites for hydroxylation is 1. The molecule has 1 rings (SSSR count). The fourth-order valence-corrected chi connectivity index (χ4v) is 1.45. The van der Waals surface area contributed by atoms with Crippen molar-refractivity contribution in [3.63, 3.8) is 0 Å². The molecule has 1 heterocycles. The summed E-state index contributed by atoms with van der Waals surface area (Å²) in [6.45, 7) is 6.75. The molecule has 0 fully saturated rings. The Bertz CT molecular complexity index is 362. The molecule has 0 spiro atoms. The third kappa shape index (κ3) is 4.19. The van der Waals surface area contributed by atoms with Gasteiger partial charge in [-0.3, -0.25) is 15.0 Å². The van der Waals surface area contributed by atoms with Crippen LogP contribution in [0.3, 0.4) is 0 Å². The van der Waals surface area contributed by atoms with Crippen LogP contribution in [0.15, 0.2) is 10.6 Å². The summed E-state index contributed by atoms with van der Waals surface area (Å²) in [6.07, 6.45) is 2.22. The molecule has 0 radical (unpaired) electrons. The normalized spacial score (nSPS) is 12.8. The molecule has 1 N–H and O–H groups in total. The molecular weight excluding hydrogens is 218 g/mol. The van der Waals surface area contributed by atoms with Crippen LogP contribution >= 0.6 is 0 Å². The second kappa shape index (κ2) is 6.39. The topological polar surface area (TPSA) is 58.4 Å². The van der Waals surface area contributed by atoms with E-state index >= 15 is 0 Å². The van der Waals surface area contributed by atoms with Crippen LogP contribution in [0.1, 0.15) is 32.4 Å². The van der Waals surface area contributed by atoms with Crippen LogP contribution in [0.5, 0.6) is 0 Å². The number of carbonyl (C=O) groups excluding carboxylic acids is 1. The predicted octanol–water partition coefficient (Wildman–Crippen LogP) is 2.04.